The van der Waals surface area contributed by atoms with Crippen LogP contribution in [0.4, 0.5) is 0 Å². The Morgan fingerprint density at radius 2 is 2.35 bits per heavy atom. The first-order valence-electron chi connectivity index (χ1n) is 7.71. The van der Waals surface area contributed by atoms with Crippen LogP contribution in [0.5, 0.6) is 0 Å². The van der Waals surface area contributed by atoms with Gasteiger partial charge in [-0.25, -0.2) is 4.98 Å². The molecule has 3 rings (SSSR count). The average molecular weight is 315 g/mol. The minimum Gasteiger partial charge on any atom is -0.375 e. The molecule has 1 saturated heterocycles. The van der Waals surface area contributed by atoms with Gasteiger partial charge in [0.15, 0.2) is 0 Å². The van der Waals surface area contributed by atoms with Gasteiger partial charge in [0.05, 0.1) is 30.3 Å². The molecule has 112 valence electrons. The fraction of sp³-hybridized carbons (Fsp3) is 0.800. The third-order valence-corrected chi connectivity index (χ3v) is 5.82. The van der Waals surface area contributed by atoms with Gasteiger partial charge >= 0.3 is 0 Å². The first kappa shape index (κ1) is 14.8. The summed E-state index contributed by atoms with van der Waals surface area (Å²) in [4.78, 5) is 7.37. The van der Waals surface area contributed by atoms with Crippen LogP contribution in [0.2, 0.25) is 0 Å². The third-order valence-electron chi connectivity index (χ3n) is 4.55. The molecule has 0 amide bonds. The Labute approximate surface area is 130 Å². The van der Waals surface area contributed by atoms with Crippen LogP contribution in [0.1, 0.15) is 55.8 Å². The molecule has 2 heterocycles. The second kappa shape index (κ2) is 6.73. The van der Waals surface area contributed by atoms with Crippen molar-refractivity contribution in [2.45, 2.75) is 63.1 Å². The van der Waals surface area contributed by atoms with Crippen molar-refractivity contribution >= 4 is 22.9 Å². The lowest BCUT2D eigenvalue weighted by molar-refractivity contribution is -0.104. The highest BCUT2D eigenvalue weighted by Gasteiger charge is 2.38. The largest absolute Gasteiger partial charge is 0.375 e. The Kier molecular flexibility index (Phi) is 4.97. The van der Waals surface area contributed by atoms with Crippen molar-refractivity contribution in [3.8, 4) is 0 Å². The lowest BCUT2D eigenvalue weighted by Crippen LogP contribution is -2.53. The number of hydrogen-bond donors (Lipinski definition) is 0. The molecule has 0 aromatic carbocycles. The van der Waals surface area contributed by atoms with E-state index in [4.69, 9.17) is 21.3 Å². The SMILES string of the molecule is CCC(c1nc(CCl)cs1)N1CCOC2CCCCC21. The topological polar surface area (TPSA) is 25.4 Å². The van der Waals surface area contributed by atoms with Gasteiger partial charge in [-0.3, -0.25) is 4.90 Å². The van der Waals surface area contributed by atoms with Crippen molar-refractivity contribution in [2.24, 2.45) is 0 Å². The Balaban J connectivity index is 1.80. The van der Waals surface area contributed by atoms with E-state index in [-0.39, 0.29) is 0 Å². The minimum atomic E-state index is 0.437. The predicted molar refractivity (Wildman–Crippen MR) is 83.4 cm³/mol. The molecule has 0 radical (unpaired) electrons. The summed E-state index contributed by atoms with van der Waals surface area (Å²) in [7, 11) is 0. The summed E-state index contributed by atoms with van der Waals surface area (Å²) in [6.07, 6.45) is 6.70. The fourth-order valence-corrected chi connectivity index (χ4v) is 4.85. The van der Waals surface area contributed by atoms with E-state index in [0.29, 0.717) is 24.1 Å². The summed E-state index contributed by atoms with van der Waals surface area (Å²) >= 11 is 7.66. The molecule has 2 aliphatic rings. The van der Waals surface area contributed by atoms with Crippen molar-refractivity contribution < 1.29 is 4.74 Å². The molecular formula is C15H23ClN2OS. The van der Waals surface area contributed by atoms with Gasteiger partial charge in [-0.2, -0.15) is 0 Å². The number of alkyl halides is 1. The predicted octanol–water partition coefficient (Wildman–Crippen LogP) is 3.98. The Morgan fingerprint density at radius 3 is 3.10 bits per heavy atom. The summed E-state index contributed by atoms with van der Waals surface area (Å²) in [5.74, 6) is 0.516. The van der Waals surface area contributed by atoms with E-state index in [0.717, 1.165) is 25.3 Å². The van der Waals surface area contributed by atoms with Crippen molar-refractivity contribution in [2.75, 3.05) is 13.2 Å². The van der Waals surface area contributed by atoms with Gasteiger partial charge in [-0.05, 0) is 19.3 Å². The van der Waals surface area contributed by atoms with Gasteiger partial charge in [-0.15, -0.1) is 22.9 Å². The Bertz CT molecular complexity index is 437. The lowest BCUT2D eigenvalue weighted by atomic mass is 9.89. The molecule has 1 aliphatic heterocycles. The molecule has 0 bridgehead atoms. The van der Waals surface area contributed by atoms with Crippen LogP contribution in [0, 0.1) is 0 Å². The first-order valence-corrected chi connectivity index (χ1v) is 9.12. The maximum Gasteiger partial charge on any atom is 0.110 e. The molecule has 0 N–H and O–H groups in total. The number of hydrogen-bond acceptors (Lipinski definition) is 4. The lowest BCUT2D eigenvalue weighted by Gasteiger charge is -2.46. The number of fused-ring (bicyclic) bond motifs is 1. The van der Waals surface area contributed by atoms with Crippen molar-refractivity contribution in [3.05, 3.63) is 16.1 Å². The molecule has 20 heavy (non-hydrogen) atoms. The summed E-state index contributed by atoms with van der Waals surface area (Å²) in [6, 6.07) is 1.03. The highest BCUT2D eigenvalue weighted by Crippen LogP contribution is 2.36. The summed E-state index contributed by atoms with van der Waals surface area (Å²) in [6.45, 7) is 4.17. The highest BCUT2D eigenvalue weighted by atomic mass is 35.5. The molecule has 2 fully saturated rings. The van der Waals surface area contributed by atoms with E-state index < -0.39 is 0 Å². The van der Waals surface area contributed by atoms with Crippen LogP contribution in [0.15, 0.2) is 5.38 Å². The molecule has 0 spiro atoms. The third kappa shape index (κ3) is 2.89. The summed E-state index contributed by atoms with van der Waals surface area (Å²) in [5.41, 5.74) is 1.01. The Morgan fingerprint density at radius 1 is 1.50 bits per heavy atom. The second-order valence-electron chi connectivity index (χ2n) is 5.73. The maximum absolute atomic E-state index is 5.99. The maximum atomic E-state index is 5.99. The average Bonchev–Trinajstić information content (AvgIpc) is 2.97. The monoisotopic (exact) mass is 314 g/mol. The van der Waals surface area contributed by atoms with Crippen LogP contribution < -0.4 is 0 Å². The molecule has 3 nitrogen and oxygen atoms in total. The van der Waals surface area contributed by atoms with E-state index in [9.17, 15) is 0 Å². The normalized spacial score (nSPS) is 29.1. The van der Waals surface area contributed by atoms with Crippen LogP contribution in [-0.2, 0) is 10.6 Å². The molecule has 1 aliphatic carbocycles. The van der Waals surface area contributed by atoms with Crippen LogP contribution in [-0.4, -0.2) is 35.2 Å². The van der Waals surface area contributed by atoms with E-state index in [1.165, 1.54) is 30.7 Å². The van der Waals surface area contributed by atoms with E-state index in [2.05, 4.69) is 17.2 Å². The van der Waals surface area contributed by atoms with Gasteiger partial charge < -0.3 is 4.74 Å². The fourth-order valence-electron chi connectivity index (χ4n) is 3.60. The van der Waals surface area contributed by atoms with Crippen LogP contribution in [0.25, 0.3) is 0 Å². The molecular weight excluding hydrogens is 292 g/mol. The molecule has 1 aromatic heterocycles. The second-order valence-corrected chi connectivity index (χ2v) is 6.89. The summed E-state index contributed by atoms with van der Waals surface area (Å²) < 4.78 is 5.99. The van der Waals surface area contributed by atoms with Crippen molar-refractivity contribution in [1.29, 1.82) is 0 Å². The number of halogens is 1. The first-order chi connectivity index (χ1) is 9.83. The van der Waals surface area contributed by atoms with E-state index >= 15 is 0 Å². The molecule has 1 aromatic rings. The van der Waals surface area contributed by atoms with Crippen LogP contribution in [0.3, 0.4) is 0 Å². The highest BCUT2D eigenvalue weighted by molar-refractivity contribution is 7.09. The number of aromatic nitrogens is 1. The standard InChI is InChI=1S/C15H23ClN2OS/c1-2-12(15-17-11(9-16)10-20-15)18-7-8-19-14-6-4-3-5-13(14)18/h10,12-14H,2-9H2,1H3. The van der Waals surface area contributed by atoms with Gasteiger partial charge in [-0.1, -0.05) is 19.8 Å². The van der Waals surface area contributed by atoms with Gasteiger partial charge in [0, 0.05) is 18.0 Å². The molecule has 5 heteroatoms. The van der Waals surface area contributed by atoms with Gasteiger partial charge in [0.2, 0.25) is 0 Å². The van der Waals surface area contributed by atoms with Crippen molar-refractivity contribution in [1.82, 2.24) is 9.88 Å². The number of nitrogens with zero attached hydrogens (tertiary/aromatic N) is 2. The zero-order valence-corrected chi connectivity index (χ0v) is 13.6. The molecule has 3 atom stereocenters. The van der Waals surface area contributed by atoms with Crippen LogP contribution >= 0.6 is 22.9 Å². The van der Waals surface area contributed by atoms with Gasteiger partial charge in [0.25, 0.3) is 0 Å². The number of morpholine rings is 1. The number of thiazole rings is 1. The Hall–Kier alpha value is -0.160. The minimum absolute atomic E-state index is 0.437. The van der Waals surface area contributed by atoms with Crippen molar-refractivity contribution in [3.63, 3.8) is 0 Å². The number of ether oxygens (including phenoxy) is 1. The molecule has 3 unspecified atom stereocenters. The zero-order chi connectivity index (χ0) is 13.9. The zero-order valence-electron chi connectivity index (χ0n) is 12.1. The quantitative estimate of drug-likeness (QED) is 0.786. The number of rotatable bonds is 4. The van der Waals surface area contributed by atoms with Gasteiger partial charge in [0.1, 0.15) is 5.01 Å². The molecule has 1 saturated carbocycles. The van der Waals surface area contributed by atoms with E-state index in [1.807, 2.05) is 0 Å². The smallest absolute Gasteiger partial charge is 0.110 e. The van der Waals surface area contributed by atoms with E-state index in [1.54, 1.807) is 11.3 Å². The summed E-state index contributed by atoms with van der Waals surface area (Å²) in [5, 5.41) is 3.33.